The van der Waals surface area contributed by atoms with Crippen LogP contribution in [0.15, 0.2) is 6.20 Å². The van der Waals surface area contributed by atoms with E-state index in [2.05, 4.69) is 29.5 Å². The number of aryl methyl sites for hydroxylation is 1. The Morgan fingerprint density at radius 2 is 1.94 bits per heavy atom. The van der Waals surface area contributed by atoms with Crippen molar-refractivity contribution in [3.8, 4) is 0 Å². The molecule has 1 aromatic rings. The molecule has 100 valence electrons. The first kappa shape index (κ1) is 12.2. The van der Waals surface area contributed by atoms with Gasteiger partial charge in [-0.05, 0) is 59.0 Å². The van der Waals surface area contributed by atoms with E-state index in [-0.39, 0.29) is 0 Å². The zero-order valence-electron chi connectivity index (χ0n) is 11.7. The van der Waals surface area contributed by atoms with Crippen LogP contribution in [0, 0.1) is 0 Å². The molecule has 0 bridgehead atoms. The maximum Gasteiger partial charge on any atom is 0.112 e. The molecule has 3 rings (SSSR count). The molecule has 18 heavy (non-hydrogen) atoms. The Hall–Kier alpha value is -0.830. The third kappa shape index (κ3) is 2.20. The molecule has 0 aliphatic carbocycles. The minimum atomic E-state index is 0.695. The van der Waals surface area contributed by atoms with Gasteiger partial charge in [0.1, 0.15) is 5.82 Å². The summed E-state index contributed by atoms with van der Waals surface area (Å²) in [7, 11) is 0. The van der Waals surface area contributed by atoms with Gasteiger partial charge < -0.3 is 9.47 Å². The Morgan fingerprint density at radius 3 is 2.67 bits per heavy atom. The maximum atomic E-state index is 4.74. The van der Waals surface area contributed by atoms with E-state index in [1.54, 1.807) is 0 Å². The summed E-state index contributed by atoms with van der Waals surface area (Å²) in [5.74, 6) is 2.08. The summed E-state index contributed by atoms with van der Waals surface area (Å²) in [6.07, 6.45) is 8.61. The fourth-order valence-electron chi connectivity index (χ4n) is 3.46. The van der Waals surface area contributed by atoms with Gasteiger partial charge in [0.2, 0.25) is 0 Å². The predicted molar refractivity (Wildman–Crippen MR) is 73.8 cm³/mol. The first-order valence-corrected chi connectivity index (χ1v) is 7.54. The summed E-state index contributed by atoms with van der Waals surface area (Å²) in [6.45, 7) is 8.29. The van der Waals surface area contributed by atoms with E-state index in [9.17, 15) is 0 Å². The molecule has 0 N–H and O–H groups in total. The molecule has 2 aliphatic heterocycles. The number of fused-ring (bicyclic) bond motifs is 1. The fourth-order valence-corrected chi connectivity index (χ4v) is 3.46. The molecule has 1 fully saturated rings. The molecular formula is C15H25N3. The van der Waals surface area contributed by atoms with Crippen molar-refractivity contribution in [2.75, 3.05) is 13.1 Å². The van der Waals surface area contributed by atoms with Crippen molar-refractivity contribution in [1.29, 1.82) is 0 Å². The van der Waals surface area contributed by atoms with Gasteiger partial charge in [-0.1, -0.05) is 0 Å². The summed E-state index contributed by atoms with van der Waals surface area (Å²) in [5.41, 5.74) is 1.47. The highest BCUT2D eigenvalue weighted by Gasteiger charge is 2.26. The third-order valence-corrected chi connectivity index (χ3v) is 4.66. The lowest BCUT2D eigenvalue weighted by Crippen LogP contribution is -2.38. The molecule has 0 spiro atoms. The molecule has 0 radical (unpaired) electrons. The van der Waals surface area contributed by atoms with Crippen molar-refractivity contribution >= 4 is 0 Å². The van der Waals surface area contributed by atoms with Crippen LogP contribution in [-0.4, -0.2) is 33.6 Å². The molecule has 0 amide bonds. The highest BCUT2D eigenvalue weighted by atomic mass is 15.2. The van der Waals surface area contributed by atoms with Gasteiger partial charge in [-0.3, -0.25) is 0 Å². The van der Waals surface area contributed by atoms with Crippen LogP contribution in [0.25, 0.3) is 0 Å². The number of hydrogen-bond acceptors (Lipinski definition) is 2. The lowest BCUT2D eigenvalue weighted by atomic mass is 9.95. The lowest BCUT2D eigenvalue weighted by molar-refractivity contribution is 0.168. The molecule has 3 heterocycles. The van der Waals surface area contributed by atoms with Gasteiger partial charge >= 0.3 is 0 Å². The van der Waals surface area contributed by atoms with E-state index in [0.29, 0.717) is 12.0 Å². The third-order valence-electron chi connectivity index (χ3n) is 4.66. The van der Waals surface area contributed by atoms with E-state index >= 15 is 0 Å². The number of likely N-dealkylation sites (tertiary alicyclic amines) is 1. The minimum Gasteiger partial charge on any atom is -0.332 e. The van der Waals surface area contributed by atoms with Crippen molar-refractivity contribution in [2.45, 2.75) is 64.5 Å². The monoisotopic (exact) mass is 247 g/mol. The number of aromatic nitrogens is 2. The van der Waals surface area contributed by atoms with Gasteiger partial charge in [-0.15, -0.1) is 0 Å². The molecule has 0 saturated carbocycles. The SMILES string of the molecule is CC(C)N1CCC(c2ncc3n2CCCC3)CC1. The van der Waals surface area contributed by atoms with Crippen LogP contribution in [0.3, 0.4) is 0 Å². The van der Waals surface area contributed by atoms with Gasteiger partial charge in [0.15, 0.2) is 0 Å². The van der Waals surface area contributed by atoms with E-state index < -0.39 is 0 Å². The van der Waals surface area contributed by atoms with Crippen LogP contribution in [0.4, 0.5) is 0 Å². The predicted octanol–water partition coefficient (Wildman–Crippen LogP) is 2.81. The molecule has 0 unspecified atom stereocenters. The molecule has 3 nitrogen and oxygen atoms in total. The molecule has 0 atom stereocenters. The Labute approximate surface area is 110 Å². The largest absolute Gasteiger partial charge is 0.332 e. The van der Waals surface area contributed by atoms with Gasteiger partial charge in [0.05, 0.1) is 0 Å². The van der Waals surface area contributed by atoms with Gasteiger partial charge in [-0.25, -0.2) is 4.98 Å². The summed E-state index contributed by atoms with van der Waals surface area (Å²) >= 11 is 0. The van der Waals surface area contributed by atoms with Crippen LogP contribution in [0.5, 0.6) is 0 Å². The van der Waals surface area contributed by atoms with E-state index in [4.69, 9.17) is 4.98 Å². The van der Waals surface area contributed by atoms with E-state index in [1.807, 2.05) is 0 Å². The second-order valence-corrected chi connectivity index (χ2v) is 6.12. The Kier molecular flexibility index (Phi) is 3.42. The number of nitrogens with zero attached hydrogens (tertiary/aromatic N) is 3. The number of imidazole rings is 1. The van der Waals surface area contributed by atoms with Gasteiger partial charge in [-0.2, -0.15) is 0 Å². The van der Waals surface area contributed by atoms with E-state index in [1.165, 1.54) is 63.3 Å². The van der Waals surface area contributed by atoms with E-state index in [0.717, 1.165) is 0 Å². The van der Waals surface area contributed by atoms with Crippen molar-refractivity contribution in [2.24, 2.45) is 0 Å². The molecule has 0 aromatic carbocycles. The number of rotatable bonds is 2. The van der Waals surface area contributed by atoms with Crippen LogP contribution in [-0.2, 0) is 13.0 Å². The summed E-state index contributed by atoms with van der Waals surface area (Å²) in [5, 5.41) is 0. The Bertz CT molecular complexity index is 400. The minimum absolute atomic E-state index is 0.695. The standard InChI is InChI=1S/C15H25N3/c1-12(2)17-9-6-13(7-10-17)15-16-11-14-5-3-4-8-18(14)15/h11-13H,3-10H2,1-2H3. The zero-order valence-corrected chi connectivity index (χ0v) is 11.7. The molecule has 3 heteroatoms. The average molecular weight is 247 g/mol. The molecule has 2 aliphatic rings. The summed E-state index contributed by atoms with van der Waals surface area (Å²) < 4.78 is 2.51. The van der Waals surface area contributed by atoms with Crippen molar-refractivity contribution in [3.05, 3.63) is 17.7 Å². The Morgan fingerprint density at radius 1 is 1.17 bits per heavy atom. The quantitative estimate of drug-likeness (QED) is 0.801. The Balaban J connectivity index is 1.71. The van der Waals surface area contributed by atoms with Crippen LogP contribution >= 0.6 is 0 Å². The highest BCUT2D eigenvalue weighted by Crippen LogP contribution is 2.30. The second kappa shape index (κ2) is 5.04. The molecule has 1 aromatic heterocycles. The summed E-state index contributed by atoms with van der Waals surface area (Å²) in [4.78, 5) is 7.33. The highest BCUT2D eigenvalue weighted by molar-refractivity contribution is 5.12. The molecular weight excluding hydrogens is 222 g/mol. The summed E-state index contributed by atoms with van der Waals surface area (Å²) in [6, 6.07) is 0.695. The van der Waals surface area contributed by atoms with Crippen LogP contribution < -0.4 is 0 Å². The average Bonchev–Trinajstić information content (AvgIpc) is 2.82. The first-order chi connectivity index (χ1) is 8.75. The zero-order chi connectivity index (χ0) is 12.5. The normalized spacial score (nSPS) is 22.4. The maximum absolute atomic E-state index is 4.74. The van der Waals surface area contributed by atoms with Crippen LogP contribution in [0.1, 0.15) is 57.0 Å². The topological polar surface area (TPSA) is 21.1 Å². The van der Waals surface area contributed by atoms with Gasteiger partial charge in [0, 0.05) is 30.4 Å². The second-order valence-electron chi connectivity index (χ2n) is 6.12. The number of hydrogen-bond donors (Lipinski definition) is 0. The molecule has 1 saturated heterocycles. The first-order valence-electron chi connectivity index (χ1n) is 7.54. The lowest BCUT2D eigenvalue weighted by Gasteiger charge is -2.34. The van der Waals surface area contributed by atoms with Crippen molar-refractivity contribution in [3.63, 3.8) is 0 Å². The van der Waals surface area contributed by atoms with Crippen molar-refractivity contribution < 1.29 is 0 Å². The van der Waals surface area contributed by atoms with Crippen molar-refractivity contribution in [1.82, 2.24) is 14.5 Å². The van der Waals surface area contributed by atoms with Crippen LogP contribution in [0.2, 0.25) is 0 Å². The number of piperidine rings is 1. The van der Waals surface area contributed by atoms with Gasteiger partial charge in [0.25, 0.3) is 0 Å². The smallest absolute Gasteiger partial charge is 0.112 e. The fraction of sp³-hybridized carbons (Fsp3) is 0.800.